The molecule has 3 fully saturated rings. The van der Waals surface area contributed by atoms with Crippen molar-refractivity contribution in [2.24, 2.45) is 11.8 Å². The number of carboxylic acids is 1. The number of carbonyl (C=O) groups is 2. The fraction of sp³-hybridized carbons (Fsp3) is 0.867. The fourth-order valence-corrected chi connectivity index (χ4v) is 4.09. The molecule has 2 bridgehead atoms. The van der Waals surface area contributed by atoms with Crippen LogP contribution in [0.4, 0.5) is 0 Å². The van der Waals surface area contributed by atoms with Crippen LogP contribution in [-0.4, -0.2) is 34.6 Å². The van der Waals surface area contributed by atoms with E-state index in [2.05, 4.69) is 17.6 Å². The van der Waals surface area contributed by atoms with Gasteiger partial charge in [-0.15, -0.1) is 0 Å². The molecule has 112 valence electrons. The van der Waals surface area contributed by atoms with Gasteiger partial charge in [0, 0.05) is 12.1 Å². The summed E-state index contributed by atoms with van der Waals surface area (Å²) in [6, 6.07) is 0.719. The summed E-state index contributed by atoms with van der Waals surface area (Å²) in [5.41, 5.74) is -1.02. The topological polar surface area (TPSA) is 78.4 Å². The van der Waals surface area contributed by atoms with Crippen LogP contribution in [0.1, 0.15) is 51.9 Å². The first-order valence-corrected chi connectivity index (χ1v) is 7.82. The van der Waals surface area contributed by atoms with Crippen LogP contribution < -0.4 is 10.6 Å². The van der Waals surface area contributed by atoms with Gasteiger partial charge in [0.1, 0.15) is 5.54 Å². The predicted molar refractivity (Wildman–Crippen MR) is 74.2 cm³/mol. The third kappa shape index (κ3) is 2.32. The van der Waals surface area contributed by atoms with Crippen LogP contribution >= 0.6 is 0 Å². The van der Waals surface area contributed by atoms with Crippen LogP contribution in [0.3, 0.4) is 0 Å². The van der Waals surface area contributed by atoms with Crippen molar-refractivity contribution < 1.29 is 14.7 Å². The normalized spacial score (nSPS) is 43.5. The van der Waals surface area contributed by atoms with Crippen molar-refractivity contribution in [3.63, 3.8) is 0 Å². The third-order valence-electron chi connectivity index (χ3n) is 5.54. The van der Waals surface area contributed by atoms with Crippen LogP contribution in [0, 0.1) is 11.8 Å². The summed E-state index contributed by atoms with van der Waals surface area (Å²) in [7, 11) is 0. The number of fused-ring (bicyclic) bond motifs is 2. The van der Waals surface area contributed by atoms with E-state index < -0.39 is 11.5 Å². The van der Waals surface area contributed by atoms with Gasteiger partial charge >= 0.3 is 5.97 Å². The predicted octanol–water partition coefficient (Wildman–Crippen LogP) is 1.28. The van der Waals surface area contributed by atoms with Crippen LogP contribution in [0.25, 0.3) is 0 Å². The molecule has 3 atom stereocenters. The first-order chi connectivity index (χ1) is 9.50. The minimum Gasteiger partial charge on any atom is -0.480 e. The third-order valence-corrected chi connectivity index (χ3v) is 5.54. The Hall–Kier alpha value is -1.10. The van der Waals surface area contributed by atoms with Crippen LogP contribution in [0.15, 0.2) is 0 Å². The summed E-state index contributed by atoms with van der Waals surface area (Å²) in [6.45, 7) is 2.15. The number of carbonyl (C=O) groups excluding carboxylic acids is 1. The summed E-state index contributed by atoms with van der Waals surface area (Å²) in [4.78, 5) is 24.1. The highest BCUT2D eigenvalue weighted by Crippen LogP contribution is 2.36. The van der Waals surface area contributed by atoms with Gasteiger partial charge in [-0.1, -0.05) is 6.92 Å². The number of rotatable bonds is 3. The first kappa shape index (κ1) is 13.9. The van der Waals surface area contributed by atoms with Crippen molar-refractivity contribution in [2.45, 2.75) is 69.5 Å². The lowest BCUT2D eigenvalue weighted by Gasteiger charge is -2.37. The van der Waals surface area contributed by atoms with E-state index in [1.54, 1.807) is 0 Å². The van der Waals surface area contributed by atoms with Crippen LogP contribution in [-0.2, 0) is 9.59 Å². The minimum absolute atomic E-state index is 0.0377. The lowest BCUT2D eigenvalue weighted by molar-refractivity contribution is -0.150. The van der Waals surface area contributed by atoms with E-state index in [0.717, 1.165) is 32.1 Å². The molecular formula is C15H24N2O3. The van der Waals surface area contributed by atoms with E-state index in [1.807, 2.05) is 0 Å². The van der Waals surface area contributed by atoms with E-state index in [4.69, 9.17) is 0 Å². The van der Waals surface area contributed by atoms with Crippen molar-refractivity contribution in [2.75, 3.05) is 0 Å². The number of aliphatic carboxylic acids is 1. The Labute approximate surface area is 119 Å². The Morgan fingerprint density at radius 2 is 1.90 bits per heavy atom. The Bertz CT molecular complexity index is 415. The highest BCUT2D eigenvalue weighted by Gasteiger charge is 2.47. The molecule has 2 heterocycles. The molecule has 3 unspecified atom stereocenters. The molecule has 1 aliphatic carbocycles. The van der Waals surface area contributed by atoms with E-state index in [1.165, 1.54) is 0 Å². The Morgan fingerprint density at radius 1 is 1.20 bits per heavy atom. The molecule has 0 aromatic carbocycles. The molecule has 5 heteroatoms. The zero-order valence-electron chi connectivity index (χ0n) is 12.0. The minimum atomic E-state index is -1.02. The number of carboxylic acid groups (broad SMARTS) is 1. The molecule has 3 rings (SSSR count). The second-order valence-corrected chi connectivity index (χ2v) is 6.95. The highest BCUT2D eigenvalue weighted by molar-refractivity contribution is 5.88. The summed E-state index contributed by atoms with van der Waals surface area (Å²) >= 11 is 0. The maximum Gasteiger partial charge on any atom is 0.329 e. The molecule has 0 aromatic rings. The van der Waals surface area contributed by atoms with Crippen LogP contribution in [0.5, 0.6) is 0 Å². The molecule has 1 saturated carbocycles. The lowest BCUT2D eigenvalue weighted by Crippen LogP contribution is -2.58. The van der Waals surface area contributed by atoms with Crippen molar-refractivity contribution in [3.05, 3.63) is 0 Å². The molecule has 1 amide bonds. The zero-order valence-corrected chi connectivity index (χ0v) is 12.0. The number of nitrogens with one attached hydrogen (secondary N) is 2. The van der Waals surface area contributed by atoms with Gasteiger partial charge in [0.25, 0.3) is 0 Å². The number of hydrogen-bond acceptors (Lipinski definition) is 3. The van der Waals surface area contributed by atoms with Crippen molar-refractivity contribution >= 4 is 11.9 Å². The quantitative estimate of drug-likeness (QED) is 0.727. The van der Waals surface area contributed by atoms with Gasteiger partial charge in [0.2, 0.25) is 5.91 Å². The van der Waals surface area contributed by atoms with E-state index in [0.29, 0.717) is 24.8 Å². The van der Waals surface area contributed by atoms with Gasteiger partial charge in [-0.25, -0.2) is 4.79 Å². The molecule has 2 saturated heterocycles. The maximum absolute atomic E-state index is 12.5. The molecule has 3 N–H and O–H groups in total. The first-order valence-electron chi connectivity index (χ1n) is 7.82. The molecule has 5 nitrogen and oxygen atoms in total. The Balaban J connectivity index is 1.67. The molecule has 2 aliphatic heterocycles. The van der Waals surface area contributed by atoms with Crippen molar-refractivity contribution in [3.8, 4) is 0 Å². The standard InChI is InChI=1S/C15H24N2O3/c1-9-4-6-15(7-5-9,14(19)20)17-13(18)11-8-10-2-3-12(11)16-10/h9-12,16H,2-8H2,1H3,(H,17,18)(H,19,20). The summed E-state index contributed by atoms with van der Waals surface area (Å²) < 4.78 is 0. The van der Waals surface area contributed by atoms with Crippen molar-refractivity contribution in [1.29, 1.82) is 0 Å². The number of amides is 1. The second-order valence-electron chi connectivity index (χ2n) is 6.95. The van der Waals surface area contributed by atoms with Crippen LogP contribution in [0.2, 0.25) is 0 Å². The van der Waals surface area contributed by atoms with E-state index in [-0.39, 0.29) is 17.9 Å². The Kier molecular flexibility index (Phi) is 3.48. The molecular weight excluding hydrogens is 256 g/mol. The van der Waals surface area contributed by atoms with E-state index in [9.17, 15) is 14.7 Å². The Morgan fingerprint density at radius 3 is 2.40 bits per heavy atom. The molecule has 0 spiro atoms. The highest BCUT2D eigenvalue weighted by atomic mass is 16.4. The van der Waals surface area contributed by atoms with Gasteiger partial charge in [-0.2, -0.15) is 0 Å². The van der Waals surface area contributed by atoms with Gasteiger partial charge in [0.15, 0.2) is 0 Å². The second kappa shape index (κ2) is 5.02. The fourth-order valence-electron chi connectivity index (χ4n) is 4.09. The zero-order chi connectivity index (χ0) is 14.3. The molecule has 0 aromatic heterocycles. The molecule has 0 radical (unpaired) electrons. The molecule has 3 aliphatic rings. The summed E-state index contributed by atoms with van der Waals surface area (Å²) in [6.07, 6.45) is 5.93. The van der Waals surface area contributed by atoms with Gasteiger partial charge in [-0.05, 0) is 50.9 Å². The van der Waals surface area contributed by atoms with Gasteiger partial charge < -0.3 is 15.7 Å². The smallest absolute Gasteiger partial charge is 0.329 e. The lowest BCUT2D eigenvalue weighted by atomic mass is 9.76. The van der Waals surface area contributed by atoms with Crippen molar-refractivity contribution in [1.82, 2.24) is 10.6 Å². The largest absolute Gasteiger partial charge is 0.480 e. The van der Waals surface area contributed by atoms with Gasteiger partial charge in [-0.3, -0.25) is 4.79 Å². The van der Waals surface area contributed by atoms with E-state index >= 15 is 0 Å². The summed E-state index contributed by atoms with van der Waals surface area (Å²) in [5.74, 6) is -0.400. The SMILES string of the molecule is CC1CCC(NC(=O)C2CC3CCC2N3)(C(=O)O)CC1. The molecule has 20 heavy (non-hydrogen) atoms. The monoisotopic (exact) mass is 280 g/mol. The average Bonchev–Trinajstić information content (AvgIpc) is 3.03. The summed E-state index contributed by atoms with van der Waals surface area (Å²) in [5, 5.41) is 15.9. The van der Waals surface area contributed by atoms with Gasteiger partial charge in [0.05, 0.1) is 5.92 Å². The number of hydrogen-bond donors (Lipinski definition) is 3. The average molecular weight is 280 g/mol. The maximum atomic E-state index is 12.5.